The fourth-order valence-corrected chi connectivity index (χ4v) is 7.84. The molecular formula is C30H21F4N3O6S2. The number of fused-ring (bicyclic) bond motifs is 2. The van der Waals surface area contributed by atoms with E-state index in [0.717, 1.165) is 46.2 Å². The van der Waals surface area contributed by atoms with Crippen molar-refractivity contribution in [2.45, 2.75) is 22.4 Å². The van der Waals surface area contributed by atoms with Crippen molar-refractivity contribution >= 4 is 52.2 Å². The minimum atomic E-state index is -4.68. The lowest BCUT2D eigenvalue weighted by Gasteiger charge is -2.30. The van der Waals surface area contributed by atoms with Crippen LogP contribution in [0, 0.1) is 11.7 Å². The van der Waals surface area contributed by atoms with E-state index in [9.17, 15) is 36.7 Å². The van der Waals surface area contributed by atoms with E-state index >= 15 is 0 Å². The maximum absolute atomic E-state index is 13.9. The summed E-state index contributed by atoms with van der Waals surface area (Å²) in [7, 11) is 1.36. The number of anilines is 2. The summed E-state index contributed by atoms with van der Waals surface area (Å²) in [6, 6.07) is 13.9. The van der Waals surface area contributed by atoms with Crippen LogP contribution in [0.1, 0.15) is 21.9 Å². The maximum Gasteiger partial charge on any atom is 0.416 e. The highest BCUT2D eigenvalue weighted by atomic mass is 32.2. The molecule has 9 nitrogen and oxygen atoms in total. The van der Waals surface area contributed by atoms with Gasteiger partial charge < -0.3 is 19.8 Å². The molecule has 15 heteroatoms. The first-order valence-electron chi connectivity index (χ1n) is 13.3. The fourth-order valence-electron chi connectivity index (χ4n) is 5.32. The molecule has 0 bridgehead atoms. The van der Waals surface area contributed by atoms with Crippen LogP contribution in [-0.2, 0) is 20.6 Å². The van der Waals surface area contributed by atoms with Crippen LogP contribution in [0.3, 0.4) is 0 Å². The van der Waals surface area contributed by atoms with Crippen LogP contribution in [0.4, 0.5) is 28.9 Å². The van der Waals surface area contributed by atoms with Gasteiger partial charge in [0.05, 0.1) is 29.3 Å². The molecule has 45 heavy (non-hydrogen) atoms. The smallest absolute Gasteiger partial charge is 0.416 e. The normalized spacial score (nSPS) is 19.2. The number of H-pyrrole nitrogens is 1. The molecule has 4 aromatic rings. The Balaban J connectivity index is 1.30. The number of imide groups is 1. The number of hydrogen-bond donors (Lipinski definition) is 2. The second kappa shape index (κ2) is 11.7. The zero-order valence-corrected chi connectivity index (χ0v) is 24.6. The quantitative estimate of drug-likeness (QED) is 0.201. The van der Waals surface area contributed by atoms with Gasteiger partial charge in [0, 0.05) is 16.5 Å². The number of aromatic amines is 1. The Morgan fingerprint density at radius 3 is 2.47 bits per heavy atom. The number of aromatic nitrogens is 1. The van der Waals surface area contributed by atoms with Gasteiger partial charge in [-0.2, -0.15) is 13.2 Å². The number of nitrogens with one attached hydrogen (secondary N) is 2. The summed E-state index contributed by atoms with van der Waals surface area (Å²) in [5.41, 5.74) is -0.359. The minimum Gasteiger partial charge on any atom is -0.493 e. The molecule has 1 fully saturated rings. The third kappa shape index (κ3) is 5.80. The summed E-state index contributed by atoms with van der Waals surface area (Å²) < 4.78 is 64.6. The van der Waals surface area contributed by atoms with Crippen LogP contribution in [0.2, 0.25) is 0 Å². The number of methoxy groups -OCH3 is 1. The molecule has 2 aliphatic rings. The SMILES string of the molecule is COc1cc([C@H]2c3sc(=O)[nH]c3SC3C(=O)N(c4cccc(C(F)(F)F)c4)C(=O)C32)ccc1OCC(=O)Nc1ccc(F)cc1. The average Bonchev–Trinajstić information content (AvgIpc) is 3.50. The van der Waals surface area contributed by atoms with E-state index in [-0.39, 0.29) is 17.2 Å². The van der Waals surface area contributed by atoms with Crippen LogP contribution in [0.5, 0.6) is 11.5 Å². The molecule has 1 saturated heterocycles. The van der Waals surface area contributed by atoms with Gasteiger partial charge in [-0.1, -0.05) is 35.2 Å². The van der Waals surface area contributed by atoms with Gasteiger partial charge in [-0.15, -0.1) is 0 Å². The van der Waals surface area contributed by atoms with E-state index in [1.54, 1.807) is 12.1 Å². The number of thiazole rings is 1. The highest BCUT2D eigenvalue weighted by molar-refractivity contribution is 8.00. The van der Waals surface area contributed by atoms with Gasteiger partial charge in [0.25, 0.3) is 5.91 Å². The summed E-state index contributed by atoms with van der Waals surface area (Å²) in [6.07, 6.45) is -4.68. The lowest BCUT2D eigenvalue weighted by molar-refractivity contribution is -0.137. The van der Waals surface area contributed by atoms with Gasteiger partial charge in [-0.05, 0) is 60.2 Å². The van der Waals surface area contributed by atoms with Gasteiger partial charge >= 0.3 is 11.0 Å². The number of nitrogens with zero attached hydrogens (tertiary/aromatic N) is 1. The number of hydrogen-bond acceptors (Lipinski definition) is 8. The Morgan fingerprint density at radius 2 is 1.76 bits per heavy atom. The molecule has 2 aliphatic heterocycles. The Bertz CT molecular complexity index is 1870. The van der Waals surface area contributed by atoms with E-state index in [1.165, 1.54) is 43.5 Å². The number of carbonyl (C=O) groups excluding carboxylic acids is 3. The van der Waals surface area contributed by atoms with E-state index in [2.05, 4.69) is 10.3 Å². The number of ether oxygens (including phenoxy) is 2. The van der Waals surface area contributed by atoms with Crippen molar-refractivity contribution in [2.24, 2.45) is 5.92 Å². The van der Waals surface area contributed by atoms with E-state index in [0.29, 0.717) is 21.2 Å². The monoisotopic (exact) mass is 659 g/mol. The Hall–Kier alpha value is -4.63. The Labute approximate surface area is 260 Å². The molecule has 3 atom stereocenters. The summed E-state index contributed by atoms with van der Waals surface area (Å²) in [5.74, 6) is -3.89. The van der Waals surface area contributed by atoms with Gasteiger partial charge in [0.15, 0.2) is 18.1 Å². The number of amides is 3. The van der Waals surface area contributed by atoms with Crippen molar-refractivity contribution < 1.29 is 41.4 Å². The third-order valence-electron chi connectivity index (χ3n) is 7.29. The number of benzene rings is 3. The molecule has 0 aliphatic carbocycles. The summed E-state index contributed by atoms with van der Waals surface area (Å²) >= 11 is 1.86. The number of rotatable bonds is 7. The first kappa shape index (κ1) is 30.4. The van der Waals surface area contributed by atoms with Crippen molar-refractivity contribution in [2.75, 3.05) is 23.9 Å². The third-order valence-corrected chi connectivity index (χ3v) is 9.69. The van der Waals surface area contributed by atoms with Crippen LogP contribution < -0.4 is 24.6 Å². The van der Waals surface area contributed by atoms with Crippen LogP contribution in [-0.4, -0.2) is 41.7 Å². The fraction of sp³-hybridized carbons (Fsp3) is 0.200. The lowest BCUT2D eigenvalue weighted by Crippen LogP contribution is -2.32. The van der Waals surface area contributed by atoms with Gasteiger partial charge in [-0.25, -0.2) is 9.29 Å². The molecule has 6 rings (SSSR count). The molecule has 0 radical (unpaired) electrons. The minimum absolute atomic E-state index is 0.180. The number of carbonyl (C=O) groups is 3. The predicted octanol–water partition coefficient (Wildman–Crippen LogP) is 5.42. The molecule has 0 saturated carbocycles. The van der Waals surface area contributed by atoms with Gasteiger partial charge in [0.2, 0.25) is 11.8 Å². The zero-order chi connectivity index (χ0) is 32.0. The molecule has 2 unspecified atom stereocenters. The first-order chi connectivity index (χ1) is 21.4. The summed E-state index contributed by atoms with van der Waals surface area (Å²) in [5, 5.41) is 1.94. The largest absolute Gasteiger partial charge is 0.493 e. The molecule has 3 heterocycles. The molecule has 3 aromatic carbocycles. The molecule has 0 spiro atoms. The van der Waals surface area contributed by atoms with E-state index in [1.807, 2.05) is 0 Å². The Kier molecular flexibility index (Phi) is 7.91. The second-order valence-electron chi connectivity index (χ2n) is 10.1. The summed E-state index contributed by atoms with van der Waals surface area (Å²) in [6.45, 7) is -0.416. The van der Waals surface area contributed by atoms with Gasteiger partial charge in [-0.3, -0.25) is 19.2 Å². The predicted molar refractivity (Wildman–Crippen MR) is 157 cm³/mol. The van der Waals surface area contributed by atoms with Crippen molar-refractivity contribution in [1.82, 2.24) is 4.98 Å². The summed E-state index contributed by atoms with van der Waals surface area (Å²) in [4.78, 5) is 55.8. The number of halogens is 4. The molecule has 2 N–H and O–H groups in total. The molecule has 232 valence electrons. The average molecular weight is 660 g/mol. The second-order valence-corrected chi connectivity index (χ2v) is 12.2. The lowest BCUT2D eigenvalue weighted by atomic mass is 9.83. The van der Waals surface area contributed by atoms with Crippen molar-refractivity contribution in [3.63, 3.8) is 0 Å². The Morgan fingerprint density at radius 1 is 1.00 bits per heavy atom. The number of alkyl halides is 3. The van der Waals surface area contributed by atoms with Crippen molar-refractivity contribution in [3.8, 4) is 11.5 Å². The topological polar surface area (TPSA) is 118 Å². The zero-order valence-electron chi connectivity index (χ0n) is 23.0. The van der Waals surface area contributed by atoms with Crippen molar-refractivity contribution in [3.05, 3.63) is 98.2 Å². The standard InChI is InChI=1S/C30H21F4N3O6S2/c1-42-20-11-14(5-10-19(20)43-13-21(38)35-17-8-6-16(31)7-9-17)22-23-25(44-26-24(22)45-29(41)36-26)28(40)37(27(23)39)18-4-2-3-15(12-18)30(32,33)34/h2-12,22-23,25H,13H2,1H3,(H,35,38)(H,36,41)/t22-,23?,25?/m1/s1. The highest BCUT2D eigenvalue weighted by Gasteiger charge is 2.56. The van der Waals surface area contributed by atoms with Crippen molar-refractivity contribution in [1.29, 1.82) is 0 Å². The molecule has 1 aromatic heterocycles. The molecule has 3 amide bonds. The molecular weight excluding hydrogens is 638 g/mol. The maximum atomic E-state index is 13.9. The highest BCUT2D eigenvalue weighted by Crippen LogP contribution is 2.54. The number of thioether (sulfide) groups is 1. The first-order valence-corrected chi connectivity index (χ1v) is 14.9. The van der Waals surface area contributed by atoms with Crippen LogP contribution in [0.15, 0.2) is 76.6 Å². The van der Waals surface area contributed by atoms with Crippen LogP contribution in [0.25, 0.3) is 0 Å². The van der Waals surface area contributed by atoms with Crippen LogP contribution >= 0.6 is 23.1 Å². The van der Waals surface area contributed by atoms with E-state index < -0.39 is 63.8 Å². The van der Waals surface area contributed by atoms with Gasteiger partial charge in [0.1, 0.15) is 11.1 Å². The van der Waals surface area contributed by atoms with E-state index in [4.69, 9.17) is 9.47 Å².